The van der Waals surface area contributed by atoms with Crippen molar-refractivity contribution in [2.24, 2.45) is 0 Å². The highest BCUT2D eigenvalue weighted by molar-refractivity contribution is 5.83. The van der Waals surface area contributed by atoms with Crippen molar-refractivity contribution in [1.82, 2.24) is 19.7 Å². The number of nitrogens with zero attached hydrogens (tertiary/aromatic N) is 4. The first-order valence-electron chi connectivity index (χ1n) is 9.05. The number of pyridine rings is 2. The van der Waals surface area contributed by atoms with Crippen molar-refractivity contribution in [3.8, 4) is 17.0 Å². The Morgan fingerprint density at radius 2 is 2.10 bits per heavy atom. The highest BCUT2D eigenvalue weighted by Gasteiger charge is 2.10. The molecule has 4 rings (SSSR count). The Bertz CT molecular complexity index is 1230. The van der Waals surface area contributed by atoms with Crippen LogP contribution in [0.4, 0.5) is 0 Å². The first-order chi connectivity index (χ1) is 14.2. The monoisotopic (exact) mass is 382 g/mol. The summed E-state index contributed by atoms with van der Waals surface area (Å²) in [6.45, 7) is 0. The van der Waals surface area contributed by atoms with Gasteiger partial charge in [-0.1, -0.05) is 18.2 Å². The Kier molecular flexibility index (Phi) is 4.99. The van der Waals surface area contributed by atoms with Gasteiger partial charge in [0.1, 0.15) is 17.1 Å². The van der Waals surface area contributed by atoms with Gasteiger partial charge in [0.2, 0.25) is 0 Å². The van der Waals surface area contributed by atoms with Crippen LogP contribution in [-0.2, 0) is 6.42 Å². The van der Waals surface area contributed by atoms with Gasteiger partial charge in [0, 0.05) is 18.7 Å². The third-order valence-electron chi connectivity index (χ3n) is 4.52. The van der Waals surface area contributed by atoms with Crippen LogP contribution in [0.15, 0.2) is 54.9 Å². The van der Waals surface area contributed by atoms with Crippen LogP contribution in [0, 0.1) is 23.0 Å². The quantitative estimate of drug-likeness (QED) is 0.409. The minimum atomic E-state index is 0.154. The second-order valence-corrected chi connectivity index (χ2v) is 6.38. The molecule has 7 nitrogen and oxygen atoms in total. The van der Waals surface area contributed by atoms with Crippen LogP contribution in [0.3, 0.4) is 0 Å². The molecule has 4 aromatic rings. The maximum absolute atomic E-state index is 8.46. The number of aromatic nitrogens is 4. The molecular weight excluding hydrogens is 364 g/mol. The molecule has 0 saturated heterocycles. The Morgan fingerprint density at radius 1 is 1.21 bits per heavy atom. The van der Waals surface area contributed by atoms with E-state index in [1.807, 2.05) is 24.3 Å². The lowest BCUT2D eigenvalue weighted by molar-refractivity contribution is 0.413. The van der Waals surface area contributed by atoms with Gasteiger partial charge in [-0.2, -0.15) is 5.10 Å². The number of hydrogen-bond acceptors (Lipinski definition) is 6. The molecule has 2 N–H and O–H groups in total. The third kappa shape index (κ3) is 3.82. The van der Waals surface area contributed by atoms with Gasteiger partial charge in [0.15, 0.2) is 0 Å². The fraction of sp³-hybridized carbons (Fsp3) is 0.136. The summed E-state index contributed by atoms with van der Waals surface area (Å²) in [6, 6.07) is 18.5. The van der Waals surface area contributed by atoms with Crippen molar-refractivity contribution in [3.63, 3.8) is 0 Å². The topological polar surface area (TPSA) is 101 Å². The fourth-order valence-electron chi connectivity index (χ4n) is 3.02. The molecular formula is C22H18N6O. The molecule has 0 saturated carbocycles. The molecule has 7 heteroatoms. The number of aryl methyl sites for hydroxylation is 1. The molecule has 0 bridgehead atoms. The van der Waals surface area contributed by atoms with Crippen molar-refractivity contribution >= 4 is 16.9 Å². The zero-order valence-electron chi connectivity index (χ0n) is 15.8. The fourth-order valence-corrected chi connectivity index (χ4v) is 3.02. The van der Waals surface area contributed by atoms with Crippen LogP contribution in [-0.4, -0.2) is 32.7 Å². The molecule has 0 spiro atoms. The van der Waals surface area contributed by atoms with Crippen molar-refractivity contribution < 1.29 is 4.74 Å². The normalized spacial score (nSPS) is 10.5. The number of hydrogen-bond donors (Lipinski definition) is 2. The van der Waals surface area contributed by atoms with Gasteiger partial charge in [-0.3, -0.25) is 20.8 Å². The van der Waals surface area contributed by atoms with Gasteiger partial charge in [0.05, 0.1) is 35.6 Å². The summed E-state index contributed by atoms with van der Waals surface area (Å²) in [5, 5.41) is 21.0. The van der Waals surface area contributed by atoms with E-state index in [1.54, 1.807) is 37.7 Å². The second kappa shape index (κ2) is 7.90. The molecule has 0 unspecified atom stereocenters. The number of rotatable bonds is 5. The van der Waals surface area contributed by atoms with Crippen LogP contribution in [0.5, 0.6) is 5.75 Å². The summed E-state index contributed by atoms with van der Waals surface area (Å²) in [6.07, 6.45) is 4.38. The Balaban J connectivity index is 1.58. The van der Waals surface area contributed by atoms with Gasteiger partial charge in [-0.05, 0) is 42.3 Å². The smallest absolute Gasteiger partial charge is 0.148 e. The molecule has 3 heterocycles. The van der Waals surface area contributed by atoms with E-state index in [0.29, 0.717) is 24.3 Å². The summed E-state index contributed by atoms with van der Waals surface area (Å²) < 4.78 is 6.55. The van der Waals surface area contributed by atoms with E-state index in [1.165, 1.54) is 4.68 Å². The number of nitrogens with one attached hydrogen (secondary N) is 2. The highest BCUT2D eigenvalue weighted by Crippen LogP contribution is 2.20. The summed E-state index contributed by atoms with van der Waals surface area (Å²) in [5.41, 5.74) is 4.09. The van der Waals surface area contributed by atoms with Crippen molar-refractivity contribution in [2.75, 3.05) is 7.11 Å². The van der Waals surface area contributed by atoms with Crippen LogP contribution in [0.25, 0.3) is 22.3 Å². The number of methoxy groups -OCH3 is 1. The van der Waals surface area contributed by atoms with Crippen LogP contribution < -0.4 is 10.2 Å². The zero-order valence-corrected chi connectivity index (χ0v) is 15.8. The summed E-state index contributed by atoms with van der Waals surface area (Å²) >= 11 is 0. The van der Waals surface area contributed by atoms with Gasteiger partial charge >= 0.3 is 0 Å². The molecule has 0 radical (unpaired) electrons. The average Bonchev–Trinajstić information content (AvgIpc) is 2.77. The second-order valence-electron chi connectivity index (χ2n) is 6.38. The maximum atomic E-state index is 8.46. The van der Waals surface area contributed by atoms with E-state index in [2.05, 4.69) is 27.2 Å². The number of ether oxygens (including phenoxy) is 1. The molecule has 0 atom stereocenters. The standard InChI is InChI=1S/C22H18N6O/c1-29-17-13-19-22(26-14-17)16(11-12-25-19)7-9-20(23)28-21(24)10-8-18(27-28)15-5-3-2-4-6-15/h2-3,5,8,10-14,23-24H,7,9H2,1H3. The summed E-state index contributed by atoms with van der Waals surface area (Å²) in [5.74, 6) is 0.885. The molecule has 0 amide bonds. The van der Waals surface area contributed by atoms with E-state index in [9.17, 15) is 0 Å². The lowest BCUT2D eigenvalue weighted by Gasteiger charge is -2.10. The predicted molar refractivity (Wildman–Crippen MR) is 109 cm³/mol. The third-order valence-corrected chi connectivity index (χ3v) is 4.52. The number of fused-ring (bicyclic) bond motifs is 1. The van der Waals surface area contributed by atoms with E-state index in [-0.39, 0.29) is 11.3 Å². The van der Waals surface area contributed by atoms with Crippen LogP contribution in [0.2, 0.25) is 0 Å². The minimum Gasteiger partial charge on any atom is -0.495 e. The molecule has 0 aliphatic carbocycles. The summed E-state index contributed by atoms with van der Waals surface area (Å²) in [7, 11) is 1.59. The molecule has 29 heavy (non-hydrogen) atoms. The minimum absolute atomic E-state index is 0.154. The zero-order chi connectivity index (χ0) is 20.2. The Hall–Kier alpha value is -4.05. The molecule has 0 aliphatic heterocycles. The highest BCUT2D eigenvalue weighted by atomic mass is 16.5. The van der Waals surface area contributed by atoms with E-state index < -0.39 is 0 Å². The van der Waals surface area contributed by atoms with Crippen molar-refractivity contribution in [3.05, 3.63) is 78.0 Å². The van der Waals surface area contributed by atoms with E-state index in [0.717, 1.165) is 22.2 Å². The SMILES string of the molecule is COc1cnc2c(CCC(=N)n3nc(-c4c#cccc4)ccc3=N)ccnc2c1. The van der Waals surface area contributed by atoms with E-state index in [4.69, 9.17) is 15.6 Å². The van der Waals surface area contributed by atoms with Gasteiger partial charge in [-0.15, -0.1) is 0 Å². The van der Waals surface area contributed by atoms with Gasteiger partial charge < -0.3 is 4.74 Å². The van der Waals surface area contributed by atoms with Crippen molar-refractivity contribution in [2.45, 2.75) is 12.8 Å². The van der Waals surface area contributed by atoms with Gasteiger partial charge in [-0.25, -0.2) is 4.68 Å². The molecule has 0 aliphatic rings. The van der Waals surface area contributed by atoms with E-state index >= 15 is 0 Å². The summed E-state index contributed by atoms with van der Waals surface area (Å²) in [4.78, 5) is 8.79. The largest absolute Gasteiger partial charge is 0.495 e. The molecule has 142 valence electrons. The lowest BCUT2D eigenvalue weighted by Crippen LogP contribution is -2.29. The van der Waals surface area contributed by atoms with Crippen molar-refractivity contribution in [1.29, 1.82) is 10.8 Å². The first kappa shape index (κ1) is 18.3. The van der Waals surface area contributed by atoms with Crippen LogP contribution >= 0.6 is 0 Å². The Morgan fingerprint density at radius 3 is 2.90 bits per heavy atom. The lowest BCUT2D eigenvalue weighted by atomic mass is 10.1. The predicted octanol–water partition coefficient (Wildman–Crippen LogP) is 3.04. The molecule has 3 aromatic heterocycles. The van der Waals surface area contributed by atoms with Gasteiger partial charge in [0.25, 0.3) is 0 Å². The maximum Gasteiger partial charge on any atom is 0.148 e. The molecule has 1 aromatic carbocycles. The average molecular weight is 382 g/mol. The Labute approximate surface area is 167 Å². The molecule has 0 fully saturated rings. The van der Waals surface area contributed by atoms with Crippen LogP contribution in [0.1, 0.15) is 12.0 Å². The first-order valence-corrected chi connectivity index (χ1v) is 9.05.